The molecule has 0 spiro atoms. The van der Waals surface area contributed by atoms with Crippen LogP contribution in [0.3, 0.4) is 0 Å². The molecule has 0 saturated carbocycles. The van der Waals surface area contributed by atoms with E-state index < -0.39 is 0 Å². The fraction of sp³-hybridized carbons (Fsp3) is 0.185. The molecule has 10 heteroatoms. The Morgan fingerprint density at radius 1 is 1.16 bits per heavy atom. The van der Waals surface area contributed by atoms with Crippen LogP contribution in [0.25, 0.3) is 10.2 Å². The summed E-state index contributed by atoms with van der Waals surface area (Å²) in [4.78, 5) is 29.1. The SMILES string of the molecule is O=CCN1CCC(c2csc(Nc3ncc(Sc4ccnc5ccsc45)cc3Oc3ccccc3)n2)C1. The number of thiazole rings is 1. The van der Waals surface area contributed by atoms with Crippen molar-refractivity contribution < 1.29 is 9.53 Å². The first-order valence-corrected chi connectivity index (χ1v) is 14.4. The van der Waals surface area contributed by atoms with E-state index in [1.54, 1.807) is 34.4 Å². The van der Waals surface area contributed by atoms with Gasteiger partial charge in [-0.25, -0.2) is 9.97 Å². The Balaban J connectivity index is 1.25. The average Bonchev–Trinajstić information content (AvgIpc) is 3.68. The first-order valence-electron chi connectivity index (χ1n) is 11.9. The molecule has 1 atom stereocenters. The minimum absolute atomic E-state index is 0.341. The summed E-state index contributed by atoms with van der Waals surface area (Å²) in [6.45, 7) is 2.27. The lowest BCUT2D eigenvalue weighted by molar-refractivity contribution is -0.108. The third-order valence-electron chi connectivity index (χ3n) is 6.10. The monoisotopic (exact) mass is 545 g/mol. The molecule has 0 bridgehead atoms. The number of nitrogens with one attached hydrogen (secondary N) is 1. The third kappa shape index (κ3) is 5.52. The minimum Gasteiger partial charge on any atom is -0.453 e. The van der Waals surface area contributed by atoms with E-state index in [0.29, 0.717) is 24.0 Å². The smallest absolute Gasteiger partial charge is 0.188 e. The first-order chi connectivity index (χ1) is 18.2. The lowest BCUT2D eigenvalue weighted by Gasteiger charge is -2.13. The summed E-state index contributed by atoms with van der Waals surface area (Å²) < 4.78 is 7.43. The second kappa shape index (κ2) is 11.0. The van der Waals surface area contributed by atoms with Gasteiger partial charge in [0.2, 0.25) is 0 Å². The zero-order valence-corrected chi connectivity index (χ0v) is 22.2. The van der Waals surface area contributed by atoms with Gasteiger partial charge in [-0.15, -0.1) is 22.7 Å². The summed E-state index contributed by atoms with van der Waals surface area (Å²) in [6, 6.07) is 15.8. The van der Waals surface area contributed by atoms with E-state index >= 15 is 0 Å². The standard InChI is InChI=1S/C27H23N5O2S3/c33-12-11-32-10-7-18(16-32)22-17-36-27(30-22)31-26-23(34-19-4-2-1-3-5-19)14-20(15-29-26)37-24-6-9-28-21-8-13-35-25(21)24/h1-6,8-9,12-15,17-18H,7,10-11,16H2,(H,29,30,31). The van der Waals surface area contributed by atoms with Crippen LogP contribution in [-0.2, 0) is 4.79 Å². The van der Waals surface area contributed by atoms with Crippen LogP contribution >= 0.6 is 34.4 Å². The number of pyridine rings is 2. The fourth-order valence-electron chi connectivity index (χ4n) is 4.30. The Bertz CT molecular complexity index is 1520. The second-order valence-corrected chi connectivity index (χ2v) is 11.5. The average molecular weight is 546 g/mol. The van der Waals surface area contributed by atoms with Crippen molar-refractivity contribution in [2.75, 3.05) is 25.0 Å². The van der Waals surface area contributed by atoms with Crippen LogP contribution in [0.2, 0.25) is 0 Å². The number of nitrogens with zero attached hydrogens (tertiary/aromatic N) is 4. The van der Waals surface area contributed by atoms with Gasteiger partial charge in [-0.1, -0.05) is 30.0 Å². The number of anilines is 2. The van der Waals surface area contributed by atoms with Crippen LogP contribution in [0, 0.1) is 0 Å². The van der Waals surface area contributed by atoms with Crippen molar-refractivity contribution in [2.45, 2.75) is 22.1 Å². The summed E-state index contributed by atoms with van der Waals surface area (Å²) >= 11 is 4.88. The maximum Gasteiger partial charge on any atom is 0.188 e. The van der Waals surface area contributed by atoms with Crippen molar-refractivity contribution >= 4 is 61.9 Å². The number of hydrogen-bond acceptors (Lipinski definition) is 10. The predicted molar refractivity (Wildman–Crippen MR) is 150 cm³/mol. The summed E-state index contributed by atoms with van der Waals surface area (Å²) in [7, 11) is 0. The summed E-state index contributed by atoms with van der Waals surface area (Å²) in [6.07, 6.45) is 5.67. The molecular formula is C27H23N5O2S3. The molecule has 0 aliphatic carbocycles. The van der Waals surface area contributed by atoms with Gasteiger partial charge in [-0.3, -0.25) is 9.88 Å². The molecule has 7 nitrogen and oxygen atoms in total. The molecule has 1 saturated heterocycles. The summed E-state index contributed by atoms with van der Waals surface area (Å²) in [5.41, 5.74) is 2.05. The number of benzene rings is 1. The van der Waals surface area contributed by atoms with Gasteiger partial charge in [0.05, 0.1) is 22.5 Å². The lowest BCUT2D eigenvalue weighted by atomic mass is 10.1. The number of hydrogen-bond donors (Lipinski definition) is 1. The van der Waals surface area contributed by atoms with E-state index in [4.69, 9.17) is 14.7 Å². The van der Waals surface area contributed by atoms with Crippen LogP contribution in [0.1, 0.15) is 18.0 Å². The number of likely N-dealkylation sites (tertiary alicyclic amines) is 1. The normalized spacial score (nSPS) is 15.7. The minimum atomic E-state index is 0.341. The highest BCUT2D eigenvalue weighted by atomic mass is 32.2. The van der Waals surface area contributed by atoms with E-state index in [2.05, 4.69) is 26.0 Å². The Hall–Kier alpha value is -3.31. The molecule has 1 N–H and O–H groups in total. The number of rotatable bonds is 9. The molecule has 1 unspecified atom stereocenters. The largest absolute Gasteiger partial charge is 0.453 e. The number of aldehydes is 1. The Morgan fingerprint density at radius 2 is 2.08 bits per heavy atom. The fourth-order valence-corrected chi connectivity index (χ4v) is 6.97. The van der Waals surface area contributed by atoms with Crippen LogP contribution < -0.4 is 10.1 Å². The van der Waals surface area contributed by atoms with Crippen LogP contribution in [0.5, 0.6) is 11.5 Å². The number of thiophene rings is 1. The summed E-state index contributed by atoms with van der Waals surface area (Å²) in [5.74, 6) is 2.31. The molecule has 5 heterocycles. The number of ether oxygens (including phenoxy) is 1. The third-order valence-corrected chi connectivity index (χ3v) is 8.97. The second-order valence-electron chi connectivity index (χ2n) is 8.59. The molecule has 0 radical (unpaired) electrons. The van der Waals surface area contributed by atoms with Crippen molar-refractivity contribution in [1.82, 2.24) is 19.9 Å². The van der Waals surface area contributed by atoms with Crippen LogP contribution in [0.15, 0.2) is 81.5 Å². The van der Waals surface area contributed by atoms with E-state index in [-0.39, 0.29) is 0 Å². The molecule has 0 amide bonds. The number of carbonyl (C=O) groups is 1. The first kappa shape index (κ1) is 24.1. The van der Waals surface area contributed by atoms with Crippen molar-refractivity contribution in [3.63, 3.8) is 0 Å². The molecule has 1 aromatic carbocycles. The number of carbonyl (C=O) groups excluding carboxylic acids is 1. The molecule has 5 aromatic rings. The van der Waals surface area contributed by atoms with Crippen molar-refractivity contribution in [3.8, 4) is 11.5 Å². The Morgan fingerprint density at radius 3 is 2.97 bits per heavy atom. The number of aromatic nitrogens is 3. The van der Waals surface area contributed by atoms with Crippen molar-refractivity contribution in [3.05, 3.63) is 77.4 Å². The highest BCUT2D eigenvalue weighted by Gasteiger charge is 2.25. The van der Waals surface area contributed by atoms with Gasteiger partial charge < -0.3 is 14.8 Å². The maximum atomic E-state index is 10.9. The maximum absolute atomic E-state index is 10.9. The Labute approximate surface area is 226 Å². The molecule has 6 rings (SSSR count). The van der Waals surface area contributed by atoms with Gasteiger partial charge in [-0.05, 0) is 42.6 Å². The van der Waals surface area contributed by atoms with E-state index in [9.17, 15) is 4.79 Å². The molecule has 186 valence electrons. The predicted octanol–water partition coefficient (Wildman–Crippen LogP) is 6.82. The van der Waals surface area contributed by atoms with E-state index in [1.807, 2.05) is 60.9 Å². The highest BCUT2D eigenvalue weighted by molar-refractivity contribution is 7.99. The molecule has 4 aromatic heterocycles. The van der Waals surface area contributed by atoms with Gasteiger partial charge in [0.15, 0.2) is 16.7 Å². The zero-order valence-electron chi connectivity index (χ0n) is 19.7. The number of para-hydroxylation sites is 1. The van der Waals surface area contributed by atoms with E-state index in [1.165, 1.54) is 0 Å². The van der Waals surface area contributed by atoms with Gasteiger partial charge in [0.1, 0.15) is 12.0 Å². The molecular weight excluding hydrogens is 523 g/mol. The van der Waals surface area contributed by atoms with Crippen LogP contribution in [-0.4, -0.2) is 45.8 Å². The van der Waals surface area contributed by atoms with Crippen molar-refractivity contribution in [1.29, 1.82) is 0 Å². The highest BCUT2D eigenvalue weighted by Crippen LogP contribution is 2.40. The van der Waals surface area contributed by atoms with Crippen LogP contribution in [0.4, 0.5) is 10.9 Å². The number of fused-ring (bicyclic) bond motifs is 1. The quantitative estimate of drug-likeness (QED) is 0.202. The van der Waals surface area contributed by atoms with Gasteiger partial charge in [0, 0.05) is 46.1 Å². The van der Waals surface area contributed by atoms with Gasteiger partial charge in [0.25, 0.3) is 0 Å². The summed E-state index contributed by atoms with van der Waals surface area (Å²) in [5, 5.41) is 8.29. The lowest BCUT2D eigenvalue weighted by Crippen LogP contribution is -2.22. The van der Waals surface area contributed by atoms with E-state index in [0.717, 1.165) is 62.4 Å². The zero-order chi connectivity index (χ0) is 25.0. The topological polar surface area (TPSA) is 80.2 Å². The van der Waals surface area contributed by atoms with Crippen molar-refractivity contribution in [2.24, 2.45) is 0 Å². The molecule has 1 aliphatic rings. The Kier molecular flexibility index (Phi) is 7.13. The van der Waals surface area contributed by atoms with Gasteiger partial charge >= 0.3 is 0 Å². The van der Waals surface area contributed by atoms with Gasteiger partial charge in [-0.2, -0.15) is 0 Å². The molecule has 1 aliphatic heterocycles. The molecule has 1 fully saturated rings. The molecule has 37 heavy (non-hydrogen) atoms.